The zero-order valence-electron chi connectivity index (χ0n) is 12.3. The molecular weight excluding hydrogens is 268 g/mol. The van der Waals surface area contributed by atoms with Crippen molar-refractivity contribution < 1.29 is 4.74 Å². The van der Waals surface area contributed by atoms with Crippen molar-refractivity contribution in [2.75, 3.05) is 0 Å². The molecule has 20 heavy (non-hydrogen) atoms. The Labute approximate surface area is 125 Å². The molecule has 1 atom stereocenters. The van der Waals surface area contributed by atoms with Crippen molar-refractivity contribution in [1.82, 2.24) is 10.3 Å². The summed E-state index contributed by atoms with van der Waals surface area (Å²) in [6, 6.07) is 10.7. The standard InChI is InChI=1S/C16H22N2OS/c1-12(2)17-9-16-18-15(11-20-16)10-19-13(3)14-7-5-4-6-8-14/h4-8,11-13,17H,9-10H2,1-3H3. The second-order valence-electron chi connectivity index (χ2n) is 5.13. The molecule has 3 nitrogen and oxygen atoms in total. The first kappa shape index (κ1) is 15.2. The highest BCUT2D eigenvalue weighted by Gasteiger charge is 2.07. The zero-order valence-corrected chi connectivity index (χ0v) is 13.1. The Morgan fingerprint density at radius 3 is 2.65 bits per heavy atom. The van der Waals surface area contributed by atoms with E-state index in [4.69, 9.17) is 4.74 Å². The van der Waals surface area contributed by atoms with Crippen LogP contribution in [0.15, 0.2) is 35.7 Å². The average molecular weight is 290 g/mol. The Kier molecular flexibility index (Phi) is 5.71. The second-order valence-corrected chi connectivity index (χ2v) is 6.07. The minimum Gasteiger partial charge on any atom is -0.367 e. The van der Waals surface area contributed by atoms with Crippen molar-refractivity contribution in [3.8, 4) is 0 Å². The van der Waals surface area contributed by atoms with E-state index < -0.39 is 0 Å². The molecule has 2 rings (SSSR count). The lowest BCUT2D eigenvalue weighted by Crippen LogP contribution is -2.21. The Morgan fingerprint density at radius 2 is 1.95 bits per heavy atom. The number of hydrogen-bond donors (Lipinski definition) is 1. The number of rotatable bonds is 7. The fourth-order valence-corrected chi connectivity index (χ4v) is 2.55. The lowest BCUT2D eigenvalue weighted by molar-refractivity contribution is 0.0507. The van der Waals surface area contributed by atoms with E-state index in [1.807, 2.05) is 18.2 Å². The van der Waals surface area contributed by atoms with Crippen molar-refractivity contribution in [2.45, 2.75) is 46.1 Å². The van der Waals surface area contributed by atoms with Crippen LogP contribution in [0.2, 0.25) is 0 Å². The van der Waals surface area contributed by atoms with E-state index >= 15 is 0 Å². The van der Waals surface area contributed by atoms with E-state index in [-0.39, 0.29) is 6.10 Å². The van der Waals surface area contributed by atoms with E-state index in [0.29, 0.717) is 12.6 Å². The van der Waals surface area contributed by atoms with E-state index in [1.165, 1.54) is 5.56 Å². The predicted octanol–water partition coefficient (Wildman–Crippen LogP) is 3.92. The van der Waals surface area contributed by atoms with Crippen molar-refractivity contribution in [1.29, 1.82) is 0 Å². The molecule has 0 aliphatic carbocycles. The Hall–Kier alpha value is -1.23. The Morgan fingerprint density at radius 1 is 1.20 bits per heavy atom. The van der Waals surface area contributed by atoms with Gasteiger partial charge in [-0.05, 0) is 12.5 Å². The number of nitrogens with zero attached hydrogens (tertiary/aromatic N) is 1. The van der Waals surface area contributed by atoms with Gasteiger partial charge in [-0.15, -0.1) is 11.3 Å². The Bertz CT molecular complexity index is 510. The van der Waals surface area contributed by atoms with Crippen LogP contribution in [0.3, 0.4) is 0 Å². The van der Waals surface area contributed by atoms with Gasteiger partial charge in [-0.1, -0.05) is 44.2 Å². The van der Waals surface area contributed by atoms with Crippen LogP contribution in [0.4, 0.5) is 0 Å². The van der Waals surface area contributed by atoms with Crippen LogP contribution < -0.4 is 5.32 Å². The fraction of sp³-hybridized carbons (Fsp3) is 0.438. The van der Waals surface area contributed by atoms with Gasteiger partial charge in [-0.3, -0.25) is 0 Å². The average Bonchev–Trinajstić information content (AvgIpc) is 2.91. The molecule has 0 aliphatic rings. The molecule has 2 aromatic rings. The van der Waals surface area contributed by atoms with Crippen LogP contribution in [0.1, 0.15) is 43.1 Å². The first-order valence-corrected chi connectivity index (χ1v) is 7.86. The van der Waals surface area contributed by atoms with Crippen LogP contribution in [0.25, 0.3) is 0 Å². The smallest absolute Gasteiger partial charge is 0.107 e. The molecule has 0 saturated carbocycles. The van der Waals surface area contributed by atoms with E-state index in [0.717, 1.165) is 17.2 Å². The number of hydrogen-bond acceptors (Lipinski definition) is 4. The van der Waals surface area contributed by atoms with E-state index in [1.54, 1.807) is 11.3 Å². The highest BCUT2D eigenvalue weighted by atomic mass is 32.1. The van der Waals surface area contributed by atoms with Gasteiger partial charge in [0.15, 0.2) is 0 Å². The highest BCUT2D eigenvalue weighted by molar-refractivity contribution is 7.09. The molecule has 1 aromatic carbocycles. The minimum atomic E-state index is 0.0927. The first-order chi connectivity index (χ1) is 9.65. The molecule has 0 saturated heterocycles. The summed E-state index contributed by atoms with van der Waals surface area (Å²) in [5.74, 6) is 0. The molecule has 1 heterocycles. The summed E-state index contributed by atoms with van der Waals surface area (Å²) >= 11 is 1.69. The van der Waals surface area contributed by atoms with Gasteiger partial charge < -0.3 is 10.1 Å². The second kappa shape index (κ2) is 7.53. The van der Waals surface area contributed by atoms with E-state index in [2.05, 4.69) is 48.6 Å². The fourth-order valence-electron chi connectivity index (χ4n) is 1.82. The van der Waals surface area contributed by atoms with Crippen LogP contribution in [-0.2, 0) is 17.9 Å². The van der Waals surface area contributed by atoms with Gasteiger partial charge in [0.25, 0.3) is 0 Å². The van der Waals surface area contributed by atoms with Crippen molar-refractivity contribution in [2.24, 2.45) is 0 Å². The molecule has 0 amide bonds. The number of thiazole rings is 1. The molecule has 0 radical (unpaired) electrons. The van der Waals surface area contributed by atoms with Gasteiger partial charge in [0.1, 0.15) is 5.01 Å². The molecule has 1 N–H and O–H groups in total. The summed E-state index contributed by atoms with van der Waals surface area (Å²) in [5, 5.41) is 6.57. The normalized spacial score (nSPS) is 12.8. The van der Waals surface area contributed by atoms with Crippen molar-refractivity contribution in [3.05, 3.63) is 52.0 Å². The summed E-state index contributed by atoms with van der Waals surface area (Å²) < 4.78 is 5.88. The van der Waals surface area contributed by atoms with Crippen LogP contribution in [0.5, 0.6) is 0 Å². The van der Waals surface area contributed by atoms with Gasteiger partial charge in [-0.2, -0.15) is 0 Å². The molecule has 0 bridgehead atoms. The topological polar surface area (TPSA) is 34.2 Å². The summed E-state index contributed by atoms with van der Waals surface area (Å²) in [5.41, 5.74) is 2.21. The maximum Gasteiger partial charge on any atom is 0.107 e. The molecule has 0 fully saturated rings. The molecule has 1 unspecified atom stereocenters. The highest BCUT2D eigenvalue weighted by Crippen LogP contribution is 2.19. The Balaban J connectivity index is 1.82. The molecule has 108 valence electrons. The molecular formula is C16H22N2OS. The van der Waals surface area contributed by atoms with Gasteiger partial charge >= 0.3 is 0 Å². The number of aromatic nitrogens is 1. The van der Waals surface area contributed by atoms with Crippen molar-refractivity contribution in [3.63, 3.8) is 0 Å². The largest absolute Gasteiger partial charge is 0.367 e. The third-order valence-electron chi connectivity index (χ3n) is 3.01. The zero-order chi connectivity index (χ0) is 14.4. The molecule has 0 spiro atoms. The third kappa shape index (κ3) is 4.71. The number of benzene rings is 1. The first-order valence-electron chi connectivity index (χ1n) is 6.98. The lowest BCUT2D eigenvalue weighted by atomic mass is 10.1. The minimum absolute atomic E-state index is 0.0927. The molecule has 4 heteroatoms. The maximum atomic E-state index is 5.88. The van der Waals surface area contributed by atoms with Gasteiger partial charge in [0, 0.05) is 18.0 Å². The SMILES string of the molecule is CC(C)NCc1nc(COC(C)c2ccccc2)cs1. The molecule has 1 aromatic heterocycles. The number of nitrogens with one attached hydrogen (secondary N) is 1. The van der Waals surface area contributed by atoms with Crippen LogP contribution in [0, 0.1) is 0 Å². The summed E-state index contributed by atoms with van der Waals surface area (Å²) in [6.45, 7) is 7.74. The van der Waals surface area contributed by atoms with E-state index in [9.17, 15) is 0 Å². The monoisotopic (exact) mass is 290 g/mol. The maximum absolute atomic E-state index is 5.88. The summed E-state index contributed by atoms with van der Waals surface area (Å²) in [4.78, 5) is 4.58. The van der Waals surface area contributed by atoms with Gasteiger partial charge in [0.2, 0.25) is 0 Å². The van der Waals surface area contributed by atoms with Crippen LogP contribution in [-0.4, -0.2) is 11.0 Å². The quantitative estimate of drug-likeness (QED) is 0.839. The summed E-state index contributed by atoms with van der Waals surface area (Å²) in [7, 11) is 0. The lowest BCUT2D eigenvalue weighted by Gasteiger charge is -2.12. The van der Waals surface area contributed by atoms with Crippen molar-refractivity contribution >= 4 is 11.3 Å². The number of ether oxygens (including phenoxy) is 1. The third-order valence-corrected chi connectivity index (χ3v) is 3.91. The van der Waals surface area contributed by atoms with Gasteiger partial charge in [-0.25, -0.2) is 4.98 Å². The van der Waals surface area contributed by atoms with Gasteiger partial charge in [0.05, 0.1) is 18.4 Å². The molecule has 0 aliphatic heterocycles. The summed E-state index contributed by atoms with van der Waals surface area (Å²) in [6.07, 6.45) is 0.0927. The predicted molar refractivity (Wildman–Crippen MR) is 83.7 cm³/mol. The van der Waals surface area contributed by atoms with Crippen LogP contribution >= 0.6 is 11.3 Å².